The maximum absolute atomic E-state index is 10.1. The van der Waals surface area contributed by atoms with Gasteiger partial charge in [0.25, 0.3) is 0 Å². The molecule has 0 aromatic carbocycles. The van der Waals surface area contributed by atoms with E-state index < -0.39 is 12.3 Å². The summed E-state index contributed by atoms with van der Waals surface area (Å²) in [6.07, 6.45) is 0.418. The first-order valence-electron chi connectivity index (χ1n) is 3.02. The number of aliphatic hydroxyl groups is 1. The van der Waals surface area contributed by atoms with Crippen LogP contribution in [0.2, 0.25) is 0 Å². The summed E-state index contributed by atoms with van der Waals surface area (Å²) in [7, 11) is 0. The second kappa shape index (κ2) is 7.54. The summed E-state index contributed by atoms with van der Waals surface area (Å²) >= 11 is 0. The van der Waals surface area contributed by atoms with Crippen molar-refractivity contribution in [2.45, 2.75) is 33.0 Å². The molecule has 0 radical (unpaired) electrons. The standard InChI is InChI=1S/C6H12O3.Na.H/c1-3-4-6(8)9-5(2)7;;/h6,8H,3-4H2,1-2H3;;. The number of rotatable bonds is 3. The first-order valence-corrected chi connectivity index (χ1v) is 3.02. The Balaban J connectivity index is 0. The fraction of sp³-hybridized carbons (Fsp3) is 0.833. The zero-order valence-corrected chi connectivity index (χ0v) is 5.76. The van der Waals surface area contributed by atoms with E-state index in [0.29, 0.717) is 6.42 Å². The topological polar surface area (TPSA) is 46.5 Å². The molecule has 0 saturated heterocycles. The van der Waals surface area contributed by atoms with Crippen LogP contribution in [0.25, 0.3) is 0 Å². The number of carbonyl (C=O) groups is 1. The number of carbonyl (C=O) groups excluding carboxylic acids is 1. The van der Waals surface area contributed by atoms with Crippen molar-refractivity contribution in [2.75, 3.05) is 0 Å². The zero-order valence-electron chi connectivity index (χ0n) is 5.76. The molecule has 0 rings (SSSR count). The molecule has 0 aliphatic rings. The molecule has 0 fully saturated rings. The quantitative estimate of drug-likeness (QED) is 0.356. The Morgan fingerprint density at radius 3 is 2.50 bits per heavy atom. The molecule has 0 bridgehead atoms. The van der Waals surface area contributed by atoms with Gasteiger partial charge in [0.2, 0.25) is 6.29 Å². The predicted molar refractivity (Wildman–Crippen MR) is 39.8 cm³/mol. The van der Waals surface area contributed by atoms with Crippen molar-refractivity contribution in [3.63, 3.8) is 0 Å². The van der Waals surface area contributed by atoms with E-state index in [9.17, 15) is 4.79 Å². The minimum absolute atomic E-state index is 0. The van der Waals surface area contributed by atoms with Gasteiger partial charge in [-0.15, -0.1) is 0 Å². The van der Waals surface area contributed by atoms with Crippen molar-refractivity contribution in [2.24, 2.45) is 0 Å². The van der Waals surface area contributed by atoms with Gasteiger partial charge in [0.1, 0.15) is 0 Å². The van der Waals surface area contributed by atoms with Crippen LogP contribution in [0, 0.1) is 0 Å². The molecule has 0 aliphatic heterocycles. The van der Waals surface area contributed by atoms with E-state index in [0.717, 1.165) is 6.42 Å². The van der Waals surface area contributed by atoms with Crippen LogP contribution in [0.15, 0.2) is 0 Å². The Labute approximate surface area is 83.0 Å². The average Bonchev–Trinajstić information content (AvgIpc) is 1.63. The van der Waals surface area contributed by atoms with Gasteiger partial charge in [-0.3, -0.25) is 4.79 Å². The molecule has 0 aliphatic carbocycles. The molecule has 4 heteroatoms. The van der Waals surface area contributed by atoms with Gasteiger partial charge >= 0.3 is 35.5 Å². The van der Waals surface area contributed by atoms with Gasteiger partial charge in [-0.05, 0) is 0 Å². The van der Waals surface area contributed by atoms with E-state index in [-0.39, 0.29) is 29.6 Å². The van der Waals surface area contributed by atoms with Gasteiger partial charge in [0, 0.05) is 13.3 Å². The summed E-state index contributed by atoms with van der Waals surface area (Å²) in [4.78, 5) is 10.1. The Hall–Kier alpha value is 0.430. The Morgan fingerprint density at radius 2 is 2.20 bits per heavy atom. The third-order valence-corrected chi connectivity index (χ3v) is 0.838. The average molecular weight is 156 g/mol. The first-order chi connectivity index (χ1) is 4.16. The van der Waals surface area contributed by atoms with Gasteiger partial charge < -0.3 is 9.84 Å². The van der Waals surface area contributed by atoms with Crippen molar-refractivity contribution >= 4 is 35.5 Å². The molecule has 0 aromatic rings. The molecular weight excluding hydrogens is 143 g/mol. The summed E-state index contributed by atoms with van der Waals surface area (Å²) in [5, 5.41) is 8.78. The van der Waals surface area contributed by atoms with Gasteiger partial charge in [0.05, 0.1) is 0 Å². The summed E-state index contributed by atoms with van der Waals surface area (Å²) in [6, 6.07) is 0. The fourth-order valence-electron chi connectivity index (χ4n) is 0.497. The number of aliphatic hydroxyl groups excluding tert-OH is 1. The Bertz CT molecular complexity index is 95.0. The molecule has 10 heavy (non-hydrogen) atoms. The van der Waals surface area contributed by atoms with E-state index in [1.165, 1.54) is 6.92 Å². The number of hydrogen-bond acceptors (Lipinski definition) is 3. The molecular formula is C6H13NaO3. The van der Waals surface area contributed by atoms with Crippen LogP contribution >= 0.6 is 0 Å². The molecule has 1 N–H and O–H groups in total. The number of esters is 1. The number of hydrogen-bond donors (Lipinski definition) is 1. The molecule has 0 saturated carbocycles. The van der Waals surface area contributed by atoms with Crippen LogP contribution in [-0.4, -0.2) is 46.9 Å². The maximum atomic E-state index is 10.1. The minimum atomic E-state index is -0.910. The second-order valence-electron chi connectivity index (χ2n) is 1.85. The van der Waals surface area contributed by atoms with E-state index in [4.69, 9.17) is 5.11 Å². The van der Waals surface area contributed by atoms with E-state index in [1.807, 2.05) is 6.92 Å². The van der Waals surface area contributed by atoms with Crippen LogP contribution in [0.5, 0.6) is 0 Å². The molecule has 0 heterocycles. The fourth-order valence-corrected chi connectivity index (χ4v) is 0.497. The molecule has 0 amide bonds. The van der Waals surface area contributed by atoms with Crippen molar-refractivity contribution in [1.29, 1.82) is 0 Å². The first kappa shape index (κ1) is 13.1. The van der Waals surface area contributed by atoms with E-state index in [2.05, 4.69) is 4.74 Å². The van der Waals surface area contributed by atoms with E-state index in [1.54, 1.807) is 0 Å². The molecule has 1 unspecified atom stereocenters. The van der Waals surface area contributed by atoms with Crippen molar-refractivity contribution in [3.8, 4) is 0 Å². The zero-order chi connectivity index (χ0) is 7.28. The van der Waals surface area contributed by atoms with Crippen LogP contribution in [0.3, 0.4) is 0 Å². The third-order valence-electron chi connectivity index (χ3n) is 0.838. The third kappa shape index (κ3) is 8.43. The summed E-state index contributed by atoms with van der Waals surface area (Å²) in [5.41, 5.74) is 0. The molecule has 56 valence electrons. The summed E-state index contributed by atoms with van der Waals surface area (Å²) in [6.45, 7) is 3.19. The van der Waals surface area contributed by atoms with Crippen molar-refractivity contribution in [3.05, 3.63) is 0 Å². The van der Waals surface area contributed by atoms with Gasteiger partial charge in [-0.1, -0.05) is 13.3 Å². The monoisotopic (exact) mass is 156 g/mol. The van der Waals surface area contributed by atoms with E-state index >= 15 is 0 Å². The second-order valence-corrected chi connectivity index (χ2v) is 1.85. The van der Waals surface area contributed by atoms with Crippen LogP contribution in [0.4, 0.5) is 0 Å². The SMILES string of the molecule is CCCC(O)OC(C)=O.[NaH]. The molecule has 0 spiro atoms. The Morgan fingerprint density at radius 1 is 1.70 bits per heavy atom. The van der Waals surface area contributed by atoms with Gasteiger partial charge in [0.15, 0.2) is 0 Å². The normalized spacial score (nSPS) is 11.5. The van der Waals surface area contributed by atoms with Crippen LogP contribution in [0.1, 0.15) is 26.7 Å². The summed E-state index contributed by atoms with van der Waals surface area (Å²) < 4.78 is 4.41. The van der Waals surface area contributed by atoms with Crippen LogP contribution in [-0.2, 0) is 9.53 Å². The molecule has 0 aromatic heterocycles. The number of ether oxygens (including phenoxy) is 1. The van der Waals surface area contributed by atoms with Crippen molar-refractivity contribution < 1.29 is 14.6 Å². The van der Waals surface area contributed by atoms with Gasteiger partial charge in [-0.2, -0.15) is 0 Å². The summed E-state index contributed by atoms with van der Waals surface area (Å²) in [5.74, 6) is -0.434. The predicted octanol–water partition coefficient (Wildman–Crippen LogP) is 0.0195. The molecule has 1 atom stereocenters. The van der Waals surface area contributed by atoms with Gasteiger partial charge in [-0.25, -0.2) is 0 Å². The van der Waals surface area contributed by atoms with Crippen molar-refractivity contribution in [1.82, 2.24) is 0 Å². The van der Waals surface area contributed by atoms with Crippen LogP contribution < -0.4 is 0 Å². The Kier molecular flexibility index (Phi) is 9.84. The molecule has 3 nitrogen and oxygen atoms in total.